The van der Waals surface area contributed by atoms with E-state index in [0.29, 0.717) is 28.8 Å². The molecule has 0 N–H and O–H groups in total. The molecule has 1 unspecified atom stereocenters. The predicted molar refractivity (Wildman–Crippen MR) is 68.5 cm³/mol. The van der Waals surface area contributed by atoms with Crippen molar-refractivity contribution in [2.45, 2.75) is 42.7 Å². The van der Waals surface area contributed by atoms with Crippen LogP contribution in [0, 0.1) is 11.8 Å². The topological polar surface area (TPSA) is 37.1 Å². The Labute approximate surface area is 108 Å². The van der Waals surface area contributed by atoms with E-state index in [1.165, 1.54) is 25.7 Å². The lowest BCUT2D eigenvalue weighted by atomic mass is 9.71. The van der Waals surface area contributed by atoms with Gasteiger partial charge < -0.3 is 0 Å². The van der Waals surface area contributed by atoms with Crippen LogP contribution in [0.15, 0.2) is 35.2 Å². The smallest absolute Gasteiger partial charge is 0.207 e. The van der Waals surface area contributed by atoms with Crippen LogP contribution in [0.1, 0.15) is 25.7 Å². The Kier molecular flexibility index (Phi) is 2.19. The standard InChI is InChI=1S/C14H17NO2S/c16-18(17,12-4-2-1-3-5-12)15-13-10-6-7-11(9-8-10)14(13)15/h1-5,10-11,13-14H,6-9H2/t10?,11?,13-,14+,15?. The minimum Gasteiger partial charge on any atom is -0.207 e. The van der Waals surface area contributed by atoms with Crippen molar-refractivity contribution >= 4 is 10.0 Å². The highest BCUT2D eigenvalue weighted by Crippen LogP contribution is 2.56. The average molecular weight is 263 g/mol. The van der Waals surface area contributed by atoms with Crippen molar-refractivity contribution in [1.82, 2.24) is 4.31 Å². The normalized spacial score (nSPS) is 41.4. The summed E-state index contributed by atoms with van der Waals surface area (Å²) < 4.78 is 27.0. The lowest BCUT2D eigenvalue weighted by Crippen LogP contribution is -2.30. The van der Waals surface area contributed by atoms with Crippen LogP contribution in [-0.2, 0) is 10.0 Å². The van der Waals surface area contributed by atoms with Crippen molar-refractivity contribution in [1.29, 1.82) is 0 Å². The number of hydrogen-bond donors (Lipinski definition) is 0. The minimum absolute atomic E-state index is 0.322. The molecule has 0 aromatic heterocycles. The second-order valence-electron chi connectivity index (χ2n) is 5.80. The molecule has 2 bridgehead atoms. The summed E-state index contributed by atoms with van der Waals surface area (Å²) in [6, 6.07) is 9.52. The van der Waals surface area contributed by atoms with Gasteiger partial charge in [0, 0.05) is 12.1 Å². The lowest BCUT2D eigenvalue weighted by molar-refractivity contribution is 0.218. The van der Waals surface area contributed by atoms with Crippen LogP contribution in [0.2, 0.25) is 0 Å². The van der Waals surface area contributed by atoms with Crippen LogP contribution in [-0.4, -0.2) is 24.8 Å². The zero-order valence-corrected chi connectivity index (χ0v) is 11.0. The Morgan fingerprint density at radius 2 is 1.39 bits per heavy atom. The summed E-state index contributed by atoms with van der Waals surface area (Å²) in [4.78, 5) is 0.457. The van der Waals surface area contributed by atoms with Crippen molar-refractivity contribution in [2.75, 3.05) is 0 Å². The molecule has 1 aliphatic heterocycles. The molecule has 0 radical (unpaired) electrons. The van der Waals surface area contributed by atoms with Gasteiger partial charge in [0.15, 0.2) is 0 Å². The summed E-state index contributed by atoms with van der Waals surface area (Å²) in [6.07, 6.45) is 4.92. The van der Waals surface area contributed by atoms with Crippen LogP contribution >= 0.6 is 0 Å². The molecule has 1 heterocycles. The first-order chi connectivity index (χ1) is 8.69. The summed E-state index contributed by atoms with van der Waals surface area (Å²) in [7, 11) is -3.24. The summed E-state index contributed by atoms with van der Waals surface area (Å²) in [5, 5.41) is 0. The van der Waals surface area contributed by atoms with Crippen molar-refractivity contribution in [2.24, 2.45) is 11.8 Å². The molecule has 1 aromatic rings. The zero-order valence-electron chi connectivity index (χ0n) is 10.2. The largest absolute Gasteiger partial charge is 0.243 e. The van der Waals surface area contributed by atoms with Crippen LogP contribution in [0.25, 0.3) is 0 Å². The molecule has 4 heteroatoms. The van der Waals surface area contributed by atoms with E-state index in [0.717, 1.165) is 0 Å². The van der Waals surface area contributed by atoms with Gasteiger partial charge in [-0.15, -0.1) is 0 Å². The van der Waals surface area contributed by atoms with Crippen molar-refractivity contribution in [3.05, 3.63) is 30.3 Å². The van der Waals surface area contributed by atoms with E-state index < -0.39 is 10.0 Å². The van der Waals surface area contributed by atoms with Gasteiger partial charge in [-0.3, -0.25) is 0 Å². The first kappa shape index (κ1) is 11.0. The van der Waals surface area contributed by atoms with Gasteiger partial charge in [0.25, 0.3) is 0 Å². The van der Waals surface area contributed by atoms with E-state index in [4.69, 9.17) is 0 Å². The molecule has 0 amide bonds. The van der Waals surface area contributed by atoms with Crippen molar-refractivity contribution < 1.29 is 8.42 Å². The monoisotopic (exact) mass is 263 g/mol. The lowest BCUT2D eigenvalue weighted by Gasteiger charge is -2.32. The average Bonchev–Trinajstić information content (AvgIpc) is 3.19. The van der Waals surface area contributed by atoms with Gasteiger partial charge in [-0.05, 0) is 49.7 Å². The number of hydrogen-bond acceptors (Lipinski definition) is 2. The highest BCUT2D eigenvalue weighted by molar-refractivity contribution is 7.89. The molecule has 1 saturated heterocycles. The van der Waals surface area contributed by atoms with Gasteiger partial charge in [-0.1, -0.05) is 18.2 Å². The summed E-state index contributed by atoms with van der Waals surface area (Å²) in [5.74, 6) is 1.25. The van der Waals surface area contributed by atoms with Gasteiger partial charge in [0.1, 0.15) is 0 Å². The third-order valence-corrected chi connectivity index (χ3v) is 6.86. The Balaban J connectivity index is 1.70. The van der Waals surface area contributed by atoms with E-state index >= 15 is 0 Å². The zero-order chi connectivity index (χ0) is 12.3. The van der Waals surface area contributed by atoms with E-state index in [-0.39, 0.29) is 0 Å². The van der Waals surface area contributed by atoms with E-state index in [1.54, 1.807) is 28.6 Å². The maximum atomic E-state index is 12.6. The summed E-state index contributed by atoms with van der Waals surface area (Å²) in [6.45, 7) is 0. The number of fused-ring (bicyclic) bond motifs is 2. The Morgan fingerprint density at radius 3 is 1.89 bits per heavy atom. The van der Waals surface area contributed by atoms with Crippen LogP contribution in [0.3, 0.4) is 0 Å². The molecule has 0 spiro atoms. The second kappa shape index (κ2) is 3.58. The number of nitrogens with zero attached hydrogens (tertiary/aromatic N) is 1. The maximum absolute atomic E-state index is 12.6. The third kappa shape index (κ3) is 1.36. The van der Waals surface area contributed by atoms with Gasteiger partial charge in [-0.2, -0.15) is 4.31 Å². The molecule has 1 aromatic carbocycles. The van der Waals surface area contributed by atoms with Crippen molar-refractivity contribution in [3.63, 3.8) is 0 Å². The minimum atomic E-state index is -3.24. The Hall–Kier alpha value is -0.870. The molecule has 3 aliphatic carbocycles. The Bertz CT molecular complexity index is 543. The van der Waals surface area contributed by atoms with Crippen LogP contribution in [0.4, 0.5) is 0 Å². The number of sulfonamides is 1. The molecular weight excluding hydrogens is 246 g/mol. The van der Waals surface area contributed by atoms with Gasteiger partial charge in [0.05, 0.1) is 4.90 Å². The Morgan fingerprint density at radius 1 is 0.889 bits per heavy atom. The fourth-order valence-electron chi connectivity index (χ4n) is 4.08. The van der Waals surface area contributed by atoms with Gasteiger partial charge >= 0.3 is 0 Å². The van der Waals surface area contributed by atoms with Gasteiger partial charge in [0.2, 0.25) is 10.0 Å². The number of benzene rings is 1. The molecule has 3 atom stereocenters. The molecule has 3 nitrogen and oxygen atoms in total. The van der Waals surface area contributed by atoms with E-state index in [9.17, 15) is 8.42 Å². The number of rotatable bonds is 2. The van der Waals surface area contributed by atoms with Gasteiger partial charge in [-0.25, -0.2) is 8.42 Å². The van der Waals surface area contributed by atoms with E-state index in [2.05, 4.69) is 0 Å². The molecule has 4 aliphatic rings. The SMILES string of the molecule is O=S(=O)(c1ccccc1)N1[C@@H]2C3CCC(CC3)[C@@H]21. The fourth-order valence-corrected chi connectivity index (χ4v) is 6.01. The maximum Gasteiger partial charge on any atom is 0.243 e. The fraction of sp³-hybridized carbons (Fsp3) is 0.571. The first-order valence-corrected chi connectivity index (χ1v) is 8.22. The van der Waals surface area contributed by atoms with Crippen LogP contribution < -0.4 is 0 Å². The second-order valence-corrected chi connectivity index (χ2v) is 7.65. The summed E-state index contributed by atoms with van der Waals surface area (Å²) in [5.41, 5.74) is 0. The van der Waals surface area contributed by atoms with Crippen LogP contribution in [0.5, 0.6) is 0 Å². The first-order valence-electron chi connectivity index (χ1n) is 6.78. The highest BCUT2D eigenvalue weighted by Gasteiger charge is 2.65. The van der Waals surface area contributed by atoms with Crippen molar-refractivity contribution in [3.8, 4) is 0 Å². The molecule has 5 rings (SSSR count). The predicted octanol–water partition coefficient (Wildman–Crippen LogP) is 2.25. The molecular formula is C14H17NO2S. The molecule has 18 heavy (non-hydrogen) atoms. The van der Waals surface area contributed by atoms with E-state index in [1.807, 2.05) is 6.07 Å². The molecule has 3 saturated carbocycles. The highest BCUT2D eigenvalue weighted by atomic mass is 32.2. The molecule has 4 fully saturated rings. The third-order valence-electron chi connectivity index (χ3n) is 4.95. The molecule has 96 valence electrons. The quantitative estimate of drug-likeness (QED) is 0.767. The summed E-state index contributed by atoms with van der Waals surface area (Å²) >= 11 is 0.